The first-order valence-corrected chi connectivity index (χ1v) is 9.74. The molecule has 0 unspecified atom stereocenters. The molecule has 1 heterocycles. The van der Waals surface area contributed by atoms with Gasteiger partial charge in [0.25, 0.3) is 0 Å². The lowest BCUT2D eigenvalue weighted by molar-refractivity contribution is 0.100. The number of hydrogen-bond acceptors (Lipinski definition) is 5. The molecule has 0 radical (unpaired) electrons. The second-order valence-electron chi connectivity index (χ2n) is 7.15. The van der Waals surface area contributed by atoms with Gasteiger partial charge in [0.2, 0.25) is 11.9 Å². The molecule has 3 rings (SSSR count). The number of carbonyl (C=O) groups excluding carboxylic acids is 1. The van der Waals surface area contributed by atoms with Crippen LogP contribution in [0.2, 0.25) is 0 Å². The summed E-state index contributed by atoms with van der Waals surface area (Å²) in [5.41, 5.74) is 23.2. The zero-order valence-electron chi connectivity index (χ0n) is 17.4. The lowest BCUT2D eigenvalue weighted by Crippen LogP contribution is -2.10. The van der Waals surface area contributed by atoms with E-state index in [0.29, 0.717) is 23.4 Å². The summed E-state index contributed by atoms with van der Waals surface area (Å²) in [5, 5.41) is 0. The van der Waals surface area contributed by atoms with E-state index in [1.807, 2.05) is 19.1 Å². The van der Waals surface area contributed by atoms with Gasteiger partial charge in [0, 0.05) is 11.5 Å². The smallest absolute Gasteiger partial charge is 0.248 e. The van der Waals surface area contributed by atoms with E-state index < -0.39 is 5.91 Å². The number of carbonyl (C=O) groups is 1. The van der Waals surface area contributed by atoms with E-state index >= 15 is 0 Å². The first-order chi connectivity index (χ1) is 14.3. The van der Waals surface area contributed by atoms with Crippen LogP contribution >= 0.6 is 0 Å². The molecule has 0 aliphatic rings. The third-order valence-corrected chi connectivity index (χ3v) is 5.03. The molecular weight excluding hydrogens is 374 g/mol. The Labute approximate surface area is 176 Å². The first-order valence-electron chi connectivity index (χ1n) is 9.74. The maximum Gasteiger partial charge on any atom is 0.248 e. The average molecular weight is 399 g/mol. The van der Waals surface area contributed by atoms with Crippen LogP contribution in [-0.4, -0.2) is 15.9 Å². The van der Waals surface area contributed by atoms with Crippen LogP contribution in [0.3, 0.4) is 0 Å². The molecule has 0 bridgehead atoms. The highest BCUT2D eigenvalue weighted by molar-refractivity contribution is 5.93. The van der Waals surface area contributed by atoms with Gasteiger partial charge in [0.1, 0.15) is 5.82 Å². The molecule has 6 heteroatoms. The highest BCUT2D eigenvalue weighted by Crippen LogP contribution is 2.27. The molecule has 0 saturated carbocycles. The normalized spacial score (nSPS) is 11.4. The molecule has 6 nitrogen and oxygen atoms in total. The van der Waals surface area contributed by atoms with Crippen molar-refractivity contribution in [2.24, 2.45) is 5.73 Å². The van der Waals surface area contributed by atoms with E-state index in [4.69, 9.17) is 17.2 Å². The van der Waals surface area contributed by atoms with Crippen molar-refractivity contribution in [3.63, 3.8) is 0 Å². The van der Waals surface area contributed by atoms with Crippen LogP contribution in [0.4, 0.5) is 11.8 Å². The van der Waals surface area contributed by atoms with Crippen molar-refractivity contribution in [3.05, 3.63) is 70.4 Å². The number of primary amides is 1. The molecule has 1 aromatic heterocycles. The standard InChI is InChI=1S/C24H25N5O/c1-4-21-19(22(25)29-24(27)28-21)12-6-15(3)20-13-18(7-5-14(20)2)16-8-10-17(11-9-16)23(26)30/h5,7-11,13,15H,4H2,1-3H3,(H2,26,30)(H4,25,27,28,29)/t15-/m0/s1. The Morgan fingerprint density at radius 2 is 1.73 bits per heavy atom. The molecule has 152 valence electrons. The fourth-order valence-electron chi connectivity index (χ4n) is 3.31. The number of aromatic nitrogens is 2. The van der Waals surface area contributed by atoms with Crippen molar-refractivity contribution < 1.29 is 4.79 Å². The molecule has 1 amide bonds. The number of nitrogens with two attached hydrogens (primary N) is 3. The number of anilines is 2. The predicted molar refractivity (Wildman–Crippen MR) is 121 cm³/mol. The molecule has 6 N–H and O–H groups in total. The summed E-state index contributed by atoms with van der Waals surface area (Å²) in [5.74, 6) is 6.44. The Bertz CT molecular complexity index is 1160. The highest BCUT2D eigenvalue weighted by Gasteiger charge is 2.11. The molecule has 3 aromatic rings. The summed E-state index contributed by atoms with van der Waals surface area (Å²) in [6.07, 6.45) is 0.672. The monoisotopic (exact) mass is 399 g/mol. The van der Waals surface area contributed by atoms with Crippen molar-refractivity contribution in [3.8, 4) is 23.0 Å². The molecular formula is C24H25N5O. The number of rotatable bonds is 4. The fraction of sp³-hybridized carbons (Fsp3) is 0.208. The summed E-state index contributed by atoms with van der Waals surface area (Å²) in [6.45, 7) is 6.09. The van der Waals surface area contributed by atoms with Gasteiger partial charge in [-0.05, 0) is 60.7 Å². The number of hydrogen-bond donors (Lipinski definition) is 3. The number of aryl methyl sites for hydroxylation is 2. The van der Waals surface area contributed by atoms with Gasteiger partial charge in [0.05, 0.1) is 11.3 Å². The molecule has 30 heavy (non-hydrogen) atoms. The van der Waals surface area contributed by atoms with Crippen molar-refractivity contribution in [1.82, 2.24) is 9.97 Å². The largest absolute Gasteiger partial charge is 0.382 e. The molecule has 0 spiro atoms. The maximum atomic E-state index is 11.3. The van der Waals surface area contributed by atoms with Crippen molar-refractivity contribution in [1.29, 1.82) is 0 Å². The third-order valence-electron chi connectivity index (χ3n) is 5.03. The van der Waals surface area contributed by atoms with Crippen LogP contribution in [0.25, 0.3) is 11.1 Å². The van der Waals surface area contributed by atoms with E-state index in [-0.39, 0.29) is 11.9 Å². The van der Waals surface area contributed by atoms with Crippen LogP contribution in [-0.2, 0) is 6.42 Å². The van der Waals surface area contributed by atoms with Crippen LogP contribution in [0.15, 0.2) is 42.5 Å². The zero-order valence-corrected chi connectivity index (χ0v) is 17.4. The van der Waals surface area contributed by atoms with Gasteiger partial charge in [-0.25, -0.2) is 4.98 Å². The summed E-state index contributed by atoms with van der Waals surface area (Å²) < 4.78 is 0. The molecule has 0 aliphatic carbocycles. The minimum atomic E-state index is -0.438. The van der Waals surface area contributed by atoms with Gasteiger partial charge in [-0.2, -0.15) is 4.98 Å². The molecule has 0 aliphatic heterocycles. The molecule has 0 saturated heterocycles. The van der Waals surface area contributed by atoms with Gasteiger partial charge in [-0.3, -0.25) is 4.79 Å². The van der Waals surface area contributed by atoms with Crippen LogP contribution in [0.1, 0.15) is 52.5 Å². The second kappa shape index (κ2) is 8.66. The Kier molecular flexibility index (Phi) is 6.03. The van der Waals surface area contributed by atoms with Gasteiger partial charge in [-0.1, -0.05) is 43.0 Å². The number of benzene rings is 2. The number of nitrogen functional groups attached to an aromatic ring is 2. The Morgan fingerprint density at radius 1 is 1.07 bits per heavy atom. The van der Waals surface area contributed by atoms with Gasteiger partial charge in [-0.15, -0.1) is 0 Å². The van der Waals surface area contributed by atoms with Gasteiger partial charge < -0.3 is 17.2 Å². The lowest BCUT2D eigenvalue weighted by Gasteiger charge is -2.12. The van der Waals surface area contributed by atoms with Gasteiger partial charge in [0.15, 0.2) is 0 Å². The summed E-state index contributed by atoms with van der Waals surface area (Å²) >= 11 is 0. The Balaban J connectivity index is 1.95. The van der Waals surface area contributed by atoms with E-state index in [9.17, 15) is 4.79 Å². The Hall–Kier alpha value is -3.85. The number of nitrogens with zero attached hydrogens (tertiary/aromatic N) is 2. The quantitative estimate of drug-likeness (QED) is 0.580. The lowest BCUT2D eigenvalue weighted by atomic mass is 9.92. The maximum absolute atomic E-state index is 11.3. The summed E-state index contributed by atoms with van der Waals surface area (Å²) in [4.78, 5) is 19.6. The van der Waals surface area contributed by atoms with E-state index in [1.165, 1.54) is 0 Å². The minimum absolute atomic E-state index is 0.0310. The van der Waals surface area contributed by atoms with E-state index in [0.717, 1.165) is 27.9 Å². The first kappa shape index (κ1) is 20.9. The topological polar surface area (TPSA) is 121 Å². The summed E-state index contributed by atoms with van der Waals surface area (Å²) in [6, 6.07) is 13.5. The predicted octanol–water partition coefficient (Wildman–Crippen LogP) is 3.43. The molecule has 1 atom stereocenters. The van der Waals surface area contributed by atoms with E-state index in [2.05, 4.69) is 53.9 Å². The molecule has 2 aromatic carbocycles. The van der Waals surface area contributed by atoms with Crippen molar-refractivity contribution in [2.75, 3.05) is 11.5 Å². The van der Waals surface area contributed by atoms with Crippen LogP contribution in [0, 0.1) is 18.8 Å². The fourth-order valence-corrected chi connectivity index (χ4v) is 3.31. The minimum Gasteiger partial charge on any atom is -0.382 e. The zero-order chi connectivity index (χ0) is 21.8. The highest BCUT2D eigenvalue weighted by atomic mass is 16.1. The second-order valence-corrected chi connectivity index (χ2v) is 7.15. The average Bonchev–Trinajstić information content (AvgIpc) is 2.72. The van der Waals surface area contributed by atoms with Crippen LogP contribution < -0.4 is 17.2 Å². The number of amides is 1. The summed E-state index contributed by atoms with van der Waals surface area (Å²) in [7, 11) is 0. The molecule has 0 fully saturated rings. The van der Waals surface area contributed by atoms with Gasteiger partial charge >= 0.3 is 0 Å². The van der Waals surface area contributed by atoms with Crippen LogP contribution in [0.5, 0.6) is 0 Å². The Morgan fingerprint density at radius 3 is 2.37 bits per heavy atom. The van der Waals surface area contributed by atoms with E-state index in [1.54, 1.807) is 12.1 Å². The van der Waals surface area contributed by atoms with Crippen molar-refractivity contribution in [2.45, 2.75) is 33.1 Å². The third kappa shape index (κ3) is 4.41. The van der Waals surface area contributed by atoms with Crippen molar-refractivity contribution >= 4 is 17.7 Å². The SMILES string of the molecule is CCc1nc(N)nc(N)c1C#C[C@H](C)c1cc(-c2ccc(C(N)=O)cc2)ccc1C.